The van der Waals surface area contributed by atoms with Gasteiger partial charge in [-0.25, -0.2) is 0 Å². The van der Waals surface area contributed by atoms with Gasteiger partial charge in [0.2, 0.25) is 0 Å². The summed E-state index contributed by atoms with van der Waals surface area (Å²) in [5.74, 6) is -0.794. The van der Waals surface area contributed by atoms with E-state index in [0.717, 1.165) is 11.8 Å². The van der Waals surface area contributed by atoms with E-state index in [-0.39, 0.29) is 5.25 Å². The van der Waals surface area contributed by atoms with Crippen LogP contribution in [-0.2, 0) is 0 Å². The van der Waals surface area contributed by atoms with Crippen molar-refractivity contribution in [2.45, 2.75) is 18.3 Å². The van der Waals surface area contributed by atoms with E-state index in [4.69, 9.17) is 0 Å². The molecule has 0 rings (SSSR count). The summed E-state index contributed by atoms with van der Waals surface area (Å²) in [5, 5.41) is -0.188. The average molecular weight is 157 g/mol. The Morgan fingerprint density at radius 2 is 2.00 bits per heavy atom. The third-order valence-corrected chi connectivity index (χ3v) is 1.59. The van der Waals surface area contributed by atoms with Gasteiger partial charge in [0, 0.05) is 5.25 Å². The van der Waals surface area contributed by atoms with Crippen molar-refractivity contribution in [3.05, 3.63) is 6.92 Å². The molecule has 55 valence electrons. The summed E-state index contributed by atoms with van der Waals surface area (Å²) < 4.78 is 34.1. The van der Waals surface area contributed by atoms with Crippen LogP contribution in [0.4, 0.5) is 13.2 Å². The minimum Gasteiger partial charge on any atom is -0.170 e. The van der Waals surface area contributed by atoms with Gasteiger partial charge >= 0.3 is 6.18 Å². The van der Waals surface area contributed by atoms with E-state index in [9.17, 15) is 13.2 Å². The molecule has 0 nitrogen and oxygen atoms in total. The van der Waals surface area contributed by atoms with E-state index < -0.39 is 11.9 Å². The van der Waals surface area contributed by atoms with Crippen LogP contribution in [0.5, 0.6) is 0 Å². The molecule has 0 aromatic heterocycles. The minimum absolute atomic E-state index is 0.188. The topological polar surface area (TPSA) is 0 Å². The Kier molecular flexibility index (Phi) is 3.40. The van der Waals surface area contributed by atoms with Crippen LogP contribution in [0.3, 0.4) is 0 Å². The molecule has 0 bridgehead atoms. The molecular weight excluding hydrogens is 149 g/mol. The molecule has 0 aromatic carbocycles. The molecule has 1 unspecified atom stereocenters. The third-order valence-electron chi connectivity index (χ3n) is 0.532. The lowest BCUT2D eigenvalue weighted by atomic mass is 10.6. The normalized spacial score (nSPS) is 12.7. The molecule has 9 heavy (non-hydrogen) atoms. The zero-order valence-electron chi connectivity index (χ0n) is 5.03. The van der Waals surface area contributed by atoms with Gasteiger partial charge in [0.05, 0.1) is 5.75 Å². The SMILES string of the molecule is [CH2]C(C)SCC(F)(F)F. The summed E-state index contributed by atoms with van der Waals surface area (Å²) in [6.45, 7) is 5.04. The monoisotopic (exact) mass is 157 g/mol. The van der Waals surface area contributed by atoms with E-state index >= 15 is 0 Å². The second kappa shape index (κ2) is 3.34. The Morgan fingerprint density at radius 1 is 1.56 bits per heavy atom. The van der Waals surface area contributed by atoms with Gasteiger partial charge in [-0.3, -0.25) is 0 Å². The Balaban J connectivity index is 3.28. The van der Waals surface area contributed by atoms with Crippen LogP contribution in [-0.4, -0.2) is 17.2 Å². The molecule has 0 aliphatic carbocycles. The predicted molar refractivity (Wildman–Crippen MR) is 33.3 cm³/mol. The van der Waals surface area contributed by atoms with Gasteiger partial charge in [0.15, 0.2) is 0 Å². The van der Waals surface area contributed by atoms with Crippen LogP contribution >= 0.6 is 11.8 Å². The molecule has 1 atom stereocenters. The van der Waals surface area contributed by atoms with Crippen molar-refractivity contribution in [3.8, 4) is 0 Å². The molecule has 0 saturated carbocycles. The number of thioether (sulfide) groups is 1. The zero-order valence-corrected chi connectivity index (χ0v) is 5.85. The third kappa shape index (κ3) is 8.14. The molecule has 0 aliphatic rings. The zero-order chi connectivity index (χ0) is 7.49. The molecule has 0 saturated heterocycles. The fraction of sp³-hybridized carbons (Fsp3) is 0.800. The number of halogens is 3. The molecular formula is C5H8F3S. The fourth-order valence-electron chi connectivity index (χ4n) is 0.237. The lowest BCUT2D eigenvalue weighted by molar-refractivity contribution is -0.105. The molecule has 0 aliphatic heterocycles. The molecule has 1 radical (unpaired) electrons. The first-order chi connectivity index (χ1) is 3.92. The average Bonchev–Trinajstić information content (AvgIpc) is 1.59. The molecule has 0 heterocycles. The Labute approximate surface area is 56.8 Å². The fourth-order valence-corrected chi connectivity index (χ4v) is 0.710. The van der Waals surface area contributed by atoms with Crippen molar-refractivity contribution in [2.24, 2.45) is 0 Å². The maximum atomic E-state index is 11.4. The van der Waals surface area contributed by atoms with Crippen molar-refractivity contribution in [1.82, 2.24) is 0 Å². The van der Waals surface area contributed by atoms with Gasteiger partial charge in [0.1, 0.15) is 0 Å². The van der Waals surface area contributed by atoms with Crippen LogP contribution in [0, 0.1) is 6.92 Å². The van der Waals surface area contributed by atoms with E-state index in [1.54, 1.807) is 6.92 Å². The summed E-state index contributed by atoms with van der Waals surface area (Å²) in [7, 11) is 0. The lowest BCUT2D eigenvalue weighted by Gasteiger charge is -2.06. The van der Waals surface area contributed by atoms with Crippen LogP contribution in [0.2, 0.25) is 0 Å². The van der Waals surface area contributed by atoms with Gasteiger partial charge in [-0.2, -0.15) is 13.2 Å². The van der Waals surface area contributed by atoms with Gasteiger partial charge < -0.3 is 0 Å². The second-order valence-electron chi connectivity index (χ2n) is 1.74. The highest BCUT2D eigenvalue weighted by Gasteiger charge is 2.27. The Morgan fingerprint density at radius 3 is 2.11 bits per heavy atom. The number of hydrogen-bond donors (Lipinski definition) is 0. The van der Waals surface area contributed by atoms with Gasteiger partial charge in [-0.1, -0.05) is 6.92 Å². The second-order valence-corrected chi connectivity index (χ2v) is 3.16. The summed E-state index contributed by atoms with van der Waals surface area (Å²) in [5.41, 5.74) is 0. The maximum Gasteiger partial charge on any atom is 0.397 e. The maximum absolute atomic E-state index is 11.4. The summed E-state index contributed by atoms with van der Waals surface area (Å²) >= 11 is 0.802. The number of hydrogen-bond acceptors (Lipinski definition) is 1. The first-order valence-corrected chi connectivity index (χ1v) is 3.48. The number of rotatable bonds is 2. The van der Waals surface area contributed by atoms with Crippen molar-refractivity contribution < 1.29 is 13.2 Å². The van der Waals surface area contributed by atoms with Crippen molar-refractivity contribution in [3.63, 3.8) is 0 Å². The summed E-state index contributed by atoms with van der Waals surface area (Å²) in [4.78, 5) is 0. The quantitative estimate of drug-likeness (QED) is 0.593. The van der Waals surface area contributed by atoms with Crippen molar-refractivity contribution in [1.29, 1.82) is 0 Å². The van der Waals surface area contributed by atoms with Crippen LogP contribution in [0.1, 0.15) is 6.92 Å². The van der Waals surface area contributed by atoms with Crippen molar-refractivity contribution in [2.75, 3.05) is 5.75 Å². The molecule has 0 aromatic rings. The first kappa shape index (κ1) is 9.14. The van der Waals surface area contributed by atoms with E-state index in [2.05, 4.69) is 6.92 Å². The van der Waals surface area contributed by atoms with E-state index in [0.29, 0.717) is 0 Å². The van der Waals surface area contributed by atoms with Gasteiger partial charge in [-0.05, 0) is 6.92 Å². The van der Waals surface area contributed by atoms with Gasteiger partial charge in [-0.15, -0.1) is 11.8 Å². The molecule has 0 fully saturated rings. The van der Waals surface area contributed by atoms with Crippen LogP contribution in [0.15, 0.2) is 0 Å². The molecule has 4 heteroatoms. The summed E-state index contributed by atoms with van der Waals surface area (Å²) in [6.07, 6.45) is -4.05. The Hall–Kier alpha value is 0.140. The van der Waals surface area contributed by atoms with Crippen LogP contribution < -0.4 is 0 Å². The largest absolute Gasteiger partial charge is 0.397 e. The van der Waals surface area contributed by atoms with E-state index in [1.807, 2.05) is 0 Å². The van der Waals surface area contributed by atoms with Crippen molar-refractivity contribution >= 4 is 11.8 Å². The van der Waals surface area contributed by atoms with E-state index in [1.165, 1.54) is 0 Å². The smallest absolute Gasteiger partial charge is 0.170 e. The summed E-state index contributed by atoms with van der Waals surface area (Å²) in [6, 6.07) is 0. The standard InChI is InChI=1S/C5H8F3S/c1-4(2)9-3-5(6,7)8/h4H,1,3H2,2H3. The van der Waals surface area contributed by atoms with Crippen LogP contribution in [0.25, 0.3) is 0 Å². The molecule has 0 N–H and O–H groups in total. The van der Waals surface area contributed by atoms with Gasteiger partial charge in [0.25, 0.3) is 0 Å². The highest BCUT2D eigenvalue weighted by Crippen LogP contribution is 2.23. The highest BCUT2D eigenvalue weighted by molar-refractivity contribution is 8.00. The number of alkyl halides is 3. The highest BCUT2D eigenvalue weighted by atomic mass is 32.2. The lowest BCUT2D eigenvalue weighted by Crippen LogP contribution is -2.12. The minimum atomic E-state index is -4.05. The Bertz CT molecular complexity index is 76.8. The first-order valence-electron chi connectivity index (χ1n) is 2.43. The molecule has 0 spiro atoms. The predicted octanol–water partition coefficient (Wildman–Crippen LogP) is 2.50. The molecule has 0 amide bonds.